The number of hydrogen-bond donors (Lipinski definition) is 1. The average Bonchev–Trinajstić information content (AvgIpc) is 3.00. The fraction of sp³-hybridized carbons (Fsp3) is 0.303. The number of aromatic nitrogens is 3. The van der Waals surface area contributed by atoms with Gasteiger partial charge < -0.3 is 19.8 Å². The number of carbonyl (C=O) groups is 2. The van der Waals surface area contributed by atoms with Crippen LogP contribution in [0.5, 0.6) is 5.75 Å². The lowest BCUT2D eigenvalue weighted by Gasteiger charge is -2.50. The number of anilines is 2. The SMILES string of the molecule is C=CC(=O)N1C[C@@H]2C(=O)N(C)c3c(c4cc(Cl)c(-c5c(O)cccc5F)c(F)c4n(-c4c(C)ncnc4C(C)C)c3=O)N2C[C@H]1C. The smallest absolute Gasteiger partial charge is 0.281 e. The topological polar surface area (TPSA) is 112 Å². The summed E-state index contributed by atoms with van der Waals surface area (Å²) in [6, 6.07) is 3.66. The van der Waals surface area contributed by atoms with Gasteiger partial charge in [-0.1, -0.05) is 38.1 Å². The van der Waals surface area contributed by atoms with Crippen molar-refractivity contribution in [2.24, 2.45) is 0 Å². The number of benzene rings is 2. The molecule has 0 saturated carbocycles. The zero-order chi connectivity index (χ0) is 33.4. The summed E-state index contributed by atoms with van der Waals surface area (Å²) in [4.78, 5) is 54.5. The Labute approximate surface area is 268 Å². The standard InChI is InChI=1S/C33H31ClF2N6O4/c1-7-23(44)40-13-21-32(45)39(6)31-30(41(21)12-16(40)4)18-11-19(34)24(25-20(35)9-8-10-22(25)43)26(36)29(18)42(33(31)46)28-17(5)37-14-38-27(28)15(2)3/h7-11,14-16,21,43H,1,12-13H2,2-6H3/t16-,21-/m1/s1. The number of likely N-dealkylation sites (N-methyl/N-ethyl adjacent to an activating group) is 1. The fourth-order valence-electron chi connectivity index (χ4n) is 6.62. The molecule has 0 bridgehead atoms. The van der Waals surface area contributed by atoms with Gasteiger partial charge in [-0.2, -0.15) is 0 Å². The summed E-state index contributed by atoms with van der Waals surface area (Å²) in [7, 11) is 1.45. The van der Waals surface area contributed by atoms with Gasteiger partial charge in [0.25, 0.3) is 11.5 Å². The molecule has 13 heteroatoms. The number of aromatic hydroxyl groups is 1. The van der Waals surface area contributed by atoms with Crippen molar-refractivity contribution in [3.8, 4) is 22.6 Å². The zero-order valence-corrected chi connectivity index (χ0v) is 26.6. The second-order valence-corrected chi connectivity index (χ2v) is 12.3. The minimum Gasteiger partial charge on any atom is -0.507 e. The van der Waals surface area contributed by atoms with Crippen LogP contribution in [0.25, 0.3) is 27.7 Å². The summed E-state index contributed by atoms with van der Waals surface area (Å²) < 4.78 is 33.7. The third kappa shape index (κ3) is 4.45. The molecule has 1 saturated heterocycles. The summed E-state index contributed by atoms with van der Waals surface area (Å²) in [5.41, 5.74) is -0.686. The van der Waals surface area contributed by atoms with Crippen LogP contribution in [0.3, 0.4) is 0 Å². The Morgan fingerprint density at radius 3 is 2.50 bits per heavy atom. The first-order chi connectivity index (χ1) is 21.8. The summed E-state index contributed by atoms with van der Waals surface area (Å²) in [5, 5.41) is 10.6. The van der Waals surface area contributed by atoms with E-state index in [0.29, 0.717) is 11.4 Å². The number of pyridine rings is 1. The molecule has 46 heavy (non-hydrogen) atoms. The predicted octanol–water partition coefficient (Wildman–Crippen LogP) is 5.08. The van der Waals surface area contributed by atoms with Crippen LogP contribution in [0, 0.1) is 18.6 Å². The molecule has 238 valence electrons. The number of nitrogens with zero attached hydrogens (tertiary/aromatic N) is 6. The Hall–Kier alpha value is -4.84. The maximum Gasteiger partial charge on any atom is 0.281 e. The maximum absolute atomic E-state index is 17.3. The first kappa shape index (κ1) is 31.2. The molecule has 1 N–H and O–H groups in total. The summed E-state index contributed by atoms with van der Waals surface area (Å²) in [5.74, 6) is -3.55. The quantitative estimate of drug-likeness (QED) is 0.307. The number of fused-ring (bicyclic) bond motifs is 5. The van der Waals surface area contributed by atoms with E-state index in [0.717, 1.165) is 10.6 Å². The van der Waals surface area contributed by atoms with Crippen LogP contribution in [-0.2, 0) is 9.59 Å². The van der Waals surface area contributed by atoms with Crippen molar-refractivity contribution >= 4 is 45.7 Å². The van der Waals surface area contributed by atoms with Crippen molar-refractivity contribution in [1.29, 1.82) is 0 Å². The Morgan fingerprint density at radius 2 is 1.85 bits per heavy atom. The van der Waals surface area contributed by atoms with Crippen LogP contribution in [0.4, 0.5) is 20.2 Å². The van der Waals surface area contributed by atoms with E-state index in [4.69, 9.17) is 11.6 Å². The lowest BCUT2D eigenvalue weighted by atomic mass is 9.95. The summed E-state index contributed by atoms with van der Waals surface area (Å²) in [6.45, 7) is 10.9. The molecular weight excluding hydrogens is 618 g/mol. The van der Waals surface area contributed by atoms with E-state index < -0.39 is 52.1 Å². The molecular formula is C33H31ClF2N6O4. The van der Waals surface area contributed by atoms with Crippen LogP contribution < -0.4 is 15.4 Å². The minimum atomic E-state index is -1.06. The normalized spacial score (nSPS) is 17.8. The first-order valence-electron chi connectivity index (χ1n) is 14.7. The molecule has 2 aliphatic heterocycles. The van der Waals surface area contributed by atoms with Gasteiger partial charge in [0, 0.05) is 30.6 Å². The first-order valence-corrected chi connectivity index (χ1v) is 15.1. The number of phenols is 1. The molecule has 4 heterocycles. The van der Waals surface area contributed by atoms with Crippen LogP contribution in [0.1, 0.15) is 38.1 Å². The Kier molecular flexibility index (Phi) is 7.58. The third-order valence-electron chi connectivity index (χ3n) is 8.78. The van der Waals surface area contributed by atoms with Crippen LogP contribution in [-0.4, -0.2) is 68.6 Å². The molecule has 0 radical (unpaired) electrons. The molecule has 0 spiro atoms. The second-order valence-electron chi connectivity index (χ2n) is 11.9. The van der Waals surface area contributed by atoms with Crippen molar-refractivity contribution in [2.45, 2.75) is 45.7 Å². The fourth-order valence-corrected chi connectivity index (χ4v) is 6.90. The Morgan fingerprint density at radius 1 is 1.13 bits per heavy atom. The van der Waals surface area contributed by atoms with E-state index in [1.165, 1.54) is 47.4 Å². The number of piperazine rings is 1. The Bertz CT molecular complexity index is 2030. The Balaban J connectivity index is 1.80. The van der Waals surface area contributed by atoms with Gasteiger partial charge in [0.2, 0.25) is 5.91 Å². The zero-order valence-electron chi connectivity index (χ0n) is 25.8. The van der Waals surface area contributed by atoms with E-state index in [1.54, 1.807) is 18.7 Å². The van der Waals surface area contributed by atoms with Gasteiger partial charge >= 0.3 is 0 Å². The molecule has 2 amide bonds. The van der Waals surface area contributed by atoms with Crippen molar-refractivity contribution in [1.82, 2.24) is 19.4 Å². The monoisotopic (exact) mass is 648 g/mol. The highest BCUT2D eigenvalue weighted by Crippen LogP contribution is 2.47. The molecule has 4 aromatic rings. The van der Waals surface area contributed by atoms with Crippen molar-refractivity contribution in [3.05, 3.63) is 81.6 Å². The number of rotatable bonds is 4. The molecule has 6 rings (SSSR count). The van der Waals surface area contributed by atoms with Crippen molar-refractivity contribution in [2.75, 3.05) is 29.9 Å². The average molecular weight is 649 g/mol. The third-order valence-corrected chi connectivity index (χ3v) is 9.08. The van der Waals surface area contributed by atoms with Gasteiger partial charge in [0.05, 0.1) is 45.4 Å². The van der Waals surface area contributed by atoms with Crippen molar-refractivity contribution < 1.29 is 23.5 Å². The lowest BCUT2D eigenvalue weighted by Crippen LogP contribution is -2.66. The van der Waals surface area contributed by atoms with E-state index >= 15 is 8.78 Å². The minimum absolute atomic E-state index is 0.000259. The van der Waals surface area contributed by atoms with E-state index in [9.17, 15) is 19.5 Å². The highest BCUT2D eigenvalue weighted by atomic mass is 35.5. The molecule has 0 unspecified atom stereocenters. The number of halogens is 3. The summed E-state index contributed by atoms with van der Waals surface area (Å²) in [6.07, 6.45) is 2.53. The predicted molar refractivity (Wildman–Crippen MR) is 172 cm³/mol. The number of aryl methyl sites for hydroxylation is 1. The van der Waals surface area contributed by atoms with Crippen LogP contribution in [0.15, 0.2) is 48.0 Å². The highest BCUT2D eigenvalue weighted by molar-refractivity contribution is 6.35. The van der Waals surface area contributed by atoms with Gasteiger partial charge in [-0.05, 0) is 44.0 Å². The number of hydrogen-bond acceptors (Lipinski definition) is 7. The van der Waals surface area contributed by atoms with E-state index in [1.807, 2.05) is 13.8 Å². The van der Waals surface area contributed by atoms with Gasteiger partial charge in [0.1, 0.15) is 29.6 Å². The second kappa shape index (κ2) is 11.2. The van der Waals surface area contributed by atoms with Gasteiger partial charge in [-0.15, -0.1) is 0 Å². The molecule has 10 nitrogen and oxygen atoms in total. The highest BCUT2D eigenvalue weighted by Gasteiger charge is 2.46. The molecule has 1 fully saturated rings. The van der Waals surface area contributed by atoms with Gasteiger partial charge in [-0.3, -0.25) is 19.0 Å². The number of amides is 2. The molecule has 0 aliphatic carbocycles. The van der Waals surface area contributed by atoms with Crippen LogP contribution >= 0.6 is 11.6 Å². The van der Waals surface area contributed by atoms with Crippen molar-refractivity contribution in [3.63, 3.8) is 0 Å². The molecule has 2 aliphatic rings. The number of carbonyl (C=O) groups excluding carboxylic acids is 2. The maximum atomic E-state index is 17.3. The molecule has 2 aromatic carbocycles. The number of phenolic OH excluding ortho intramolecular Hbond substituents is 1. The molecule has 2 aromatic heterocycles. The lowest BCUT2D eigenvalue weighted by molar-refractivity contribution is -0.130. The van der Waals surface area contributed by atoms with Crippen LogP contribution in [0.2, 0.25) is 5.02 Å². The van der Waals surface area contributed by atoms with E-state index in [-0.39, 0.29) is 57.9 Å². The van der Waals surface area contributed by atoms with E-state index in [2.05, 4.69) is 16.5 Å². The van der Waals surface area contributed by atoms with Gasteiger partial charge in [-0.25, -0.2) is 18.7 Å². The molecule has 2 atom stereocenters. The summed E-state index contributed by atoms with van der Waals surface area (Å²) >= 11 is 6.74. The van der Waals surface area contributed by atoms with Gasteiger partial charge in [0.15, 0.2) is 5.82 Å². The largest absolute Gasteiger partial charge is 0.507 e.